The number of benzene rings is 10. The molecule has 0 bridgehead atoms. The number of hydrogen-bond donors (Lipinski definition) is 0. The Labute approximate surface area is 376 Å². The Morgan fingerprint density at radius 3 is 1.44 bits per heavy atom. The Morgan fingerprint density at radius 2 is 0.781 bits per heavy atom. The molecule has 13 aromatic rings. The van der Waals surface area contributed by atoms with E-state index >= 15 is 0 Å². The maximum Gasteiger partial charge on any atom is 0.179 e. The Bertz CT molecular complexity index is 3790. The van der Waals surface area contributed by atoms with Crippen LogP contribution in [0.3, 0.4) is 0 Å². The van der Waals surface area contributed by atoms with Crippen molar-refractivity contribution in [2.24, 2.45) is 0 Å². The number of aromatic nitrogens is 2. The Morgan fingerprint density at radius 1 is 0.297 bits per heavy atom. The number of hydrogen-bond acceptors (Lipinski definition) is 1. The first-order chi connectivity index (χ1) is 31.8. The van der Waals surface area contributed by atoms with Gasteiger partial charge in [-0.3, -0.25) is 0 Å². The molecule has 4 heteroatoms. The highest BCUT2D eigenvalue weighted by Crippen LogP contribution is 2.42. The van der Waals surface area contributed by atoms with Gasteiger partial charge in [0.2, 0.25) is 0 Å². The molecule has 0 saturated heterocycles. The van der Waals surface area contributed by atoms with Gasteiger partial charge in [0, 0.05) is 53.1 Å². The van der Waals surface area contributed by atoms with Crippen molar-refractivity contribution >= 4 is 104 Å². The fraction of sp³-hybridized carbons (Fsp3) is 0. The molecular weight excluding hydrogens is 809 g/mol. The molecule has 0 radical (unpaired) electrons. The van der Waals surface area contributed by atoms with E-state index in [0.29, 0.717) is 0 Å². The molecule has 0 saturated carbocycles. The van der Waals surface area contributed by atoms with Crippen LogP contribution in [-0.2, 0) is 0 Å². The third-order valence-corrected chi connectivity index (χ3v) is 19.4. The van der Waals surface area contributed by atoms with E-state index in [-0.39, 0.29) is 0 Å². The second-order valence-corrected chi connectivity index (χ2v) is 21.7. The number of fused-ring (bicyclic) bond motifs is 9. The van der Waals surface area contributed by atoms with Crippen molar-refractivity contribution in [1.29, 1.82) is 0 Å². The predicted molar refractivity (Wildman–Crippen MR) is 277 cm³/mol. The van der Waals surface area contributed by atoms with Crippen molar-refractivity contribution in [2.75, 3.05) is 0 Å². The van der Waals surface area contributed by atoms with Gasteiger partial charge >= 0.3 is 0 Å². The predicted octanol–water partition coefficient (Wildman–Crippen LogP) is 13.3. The Kier molecular flexibility index (Phi) is 8.45. The molecule has 0 atom stereocenters. The van der Waals surface area contributed by atoms with E-state index in [1.54, 1.807) is 0 Å². The minimum absolute atomic E-state index is 1.14. The van der Waals surface area contributed by atoms with Crippen LogP contribution in [0.5, 0.6) is 0 Å². The van der Waals surface area contributed by atoms with Crippen molar-refractivity contribution in [3.8, 4) is 22.5 Å². The van der Waals surface area contributed by atoms with Gasteiger partial charge in [-0.25, -0.2) is 0 Å². The average Bonchev–Trinajstić information content (AvgIpc) is 4.03. The third-order valence-electron chi connectivity index (χ3n) is 13.5. The van der Waals surface area contributed by atoms with Gasteiger partial charge in [0.1, 0.15) is 0 Å². The molecule has 0 aliphatic rings. The second-order valence-electron chi connectivity index (χ2n) is 16.8. The van der Waals surface area contributed by atoms with Gasteiger partial charge in [0.05, 0.1) is 22.1 Å². The highest BCUT2D eigenvalue weighted by molar-refractivity contribution is 7.26. The number of nitrogens with zero attached hydrogens (tertiary/aromatic N) is 2. The monoisotopic (exact) mass is 848 g/mol. The summed E-state index contributed by atoms with van der Waals surface area (Å²) >= 11 is 1.87. The molecule has 300 valence electrons. The summed E-state index contributed by atoms with van der Waals surface area (Å²) in [4.78, 5) is 0. The highest BCUT2D eigenvalue weighted by atomic mass is 32.1. The molecule has 2 nitrogen and oxygen atoms in total. The van der Waals surface area contributed by atoms with Crippen molar-refractivity contribution in [3.63, 3.8) is 0 Å². The van der Waals surface area contributed by atoms with Crippen molar-refractivity contribution in [2.45, 2.75) is 0 Å². The lowest BCUT2D eigenvalue weighted by atomic mass is 9.98. The molecule has 13 rings (SSSR count). The summed E-state index contributed by atoms with van der Waals surface area (Å²) in [5.41, 5.74) is 9.58. The van der Waals surface area contributed by atoms with Gasteiger partial charge in [-0.2, -0.15) is 0 Å². The molecule has 0 spiro atoms. The van der Waals surface area contributed by atoms with Crippen LogP contribution in [0.1, 0.15) is 0 Å². The Hall–Kier alpha value is -7.76. The lowest BCUT2D eigenvalue weighted by molar-refractivity contribution is 1.16. The second kappa shape index (κ2) is 14.7. The van der Waals surface area contributed by atoms with E-state index in [1.165, 1.54) is 95.7 Å². The zero-order chi connectivity index (χ0) is 42.2. The largest absolute Gasteiger partial charge is 0.309 e. The molecule has 3 aromatic heterocycles. The standard InChI is InChI=1S/C60H40N2SSi/c1-4-17-44(18-5-1)64(45-19-6-2-7-20-45,46-21-8-3-9-22-46)47-35-32-42(33-36-47)61-54-27-13-10-23-49(54)51-37-34-43(40-57(51)61)62-55-28-14-11-24-50(55)53-39-41(31-38-56(53)62)48-26-16-30-59-60(48)52-25-12-15-29-58(52)63-59/h1-40H. The summed E-state index contributed by atoms with van der Waals surface area (Å²) in [6.45, 7) is 0. The first kappa shape index (κ1) is 36.9. The van der Waals surface area contributed by atoms with Gasteiger partial charge in [0.25, 0.3) is 0 Å². The minimum Gasteiger partial charge on any atom is -0.309 e. The summed E-state index contributed by atoms with van der Waals surface area (Å²) < 4.78 is 7.57. The van der Waals surface area contributed by atoms with Crippen LogP contribution in [0.2, 0.25) is 0 Å². The lowest BCUT2D eigenvalue weighted by Crippen LogP contribution is -2.74. The molecule has 0 fully saturated rings. The van der Waals surface area contributed by atoms with Gasteiger partial charge in [0.15, 0.2) is 8.07 Å². The zero-order valence-corrected chi connectivity index (χ0v) is 36.7. The molecule has 3 heterocycles. The molecule has 0 aliphatic heterocycles. The fourth-order valence-electron chi connectivity index (χ4n) is 10.7. The smallest absolute Gasteiger partial charge is 0.179 e. The van der Waals surface area contributed by atoms with Crippen LogP contribution in [0.15, 0.2) is 243 Å². The van der Waals surface area contributed by atoms with Crippen molar-refractivity contribution in [3.05, 3.63) is 243 Å². The Balaban J connectivity index is 0.995. The highest BCUT2D eigenvalue weighted by Gasteiger charge is 2.41. The van der Waals surface area contributed by atoms with E-state index in [0.717, 1.165) is 11.4 Å². The summed E-state index contributed by atoms with van der Waals surface area (Å²) in [5.74, 6) is 0. The van der Waals surface area contributed by atoms with Crippen LogP contribution in [0.25, 0.3) is 86.3 Å². The van der Waals surface area contributed by atoms with E-state index in [1.807, 2.05) is 11.3 Å². The van der Waals surface area contributed by atoms with E-state index in [4.69, 9.17) is 0 Å². The summed E-state index contributed by atoms with van der Waals surface area (Å²) in [6, 6.07) is 90.4. The minimum atomic E-state index is -2.67. The summed E-state index contributed by atoms with van der Waals surface area (Å²) in [6.07, 6.45) is 0. The molecular formula is C60H40N2SSi. The normalized spacial score (nSPS) is 12.1. The molecule has 0 unspecified atom stereocenters. The molecule has 0 aliphatic carbocycles. The van der Waals surface area contributed by atoms with Crippen LogP contribution < -0.4 is 20.7 Å². The van der Waals surface area contributed by atoms with Gasteiger partial charge in [-0.05, 0) is 92.5 Å². The number of thiophene rings is 1. The van der Waals surface area contributed by atoms with Crippen molar-refractivity contribution < 1.29 is 0 Å². The first-order valence-electron chi connectivity index (χ1n) is 22.0. The topological polar surface area (TPSA) is 9.86 Å². The molecule has 10 aromatic carbocycles. The molecule has 64 heavy (non-hydrogen) atoms. The number of para-hydroxylation sites is 2. The van der Waals surface area contributed by atoms with E-state index in [2.05, 4.69) is 252 Å². The van der Waals surface area contributed by atoms with Gasteiger partial charge < -0.3 is 9.13 Å². The van der Waals surface area contributed by atoms with Crippen LogP contribution >= 0.6 is 11.3 Å². The van der Waals surface area contributed by atoms with Gasteiger partial charge in [-0.1, -0.05) is 182 Å². The van der Waals surface area contributed by atoms with E-state index < -0.39 is 8.07 Å². The lowest BCUT2D eigenvalue weighted by Gasteiger charge is -2.34. The molecule has 0 N–H and O–H groups in total. The van der Waals surface area contributed by atoms with Crippen LogP contribution in [0.4, 0.5) is 0 Å². The average molecular weight is 849 g/mol. The third kappa shape index (κ3) is 5.50. The van der Waals surface area contributed by atoms with Gasteiger partial charge in [-0.15, -0.1) is 11.3 Å². The van der Waals surface area contributed by atoms with Crippen molar-refractivity contribution in [1.82, 2.24) is 9.13 Å². The van der Waals surface area contributed by atoms with Crippen LogP contribution in [0, 0.1) is 0 Å². The maximum absolute atomic E-state index is 2.67. The first-order valence-corrected chi connectivity index (χ1v) is 24.8. The van der Waals surface area contributed by atoms with E-state index in [9.17, 15) is 0 Å². The number of rotatable bonds is 7. The quantitative estimate of drug-likeness (QED) is 0.112. The molecule has 0 amide bonds. The summed E-state index contributed by atoms with van der Waals surface area (Å²) in [5, 5.41) is 13.1. The zero-order valence-electron chi connectivity index (χ0n) is 34.9. The van der Waals surface area contributed by atoms with Crippen LogP contribution in [-0.4, -0.2) is 17.2 Å². The SMILES string of the molecule is c1ccc([Si](c2ccccc2)(c2ccccc2)c2ccc(-n3c4ccccc4c4ccc(-n5c6ccccc6c6cc(-c7cccc8sc9ccccc9c78)ccc65)cc43)cc2)cc1. The summed E-state index contributed by atoms with van der Waals surface area (Å²) in [7, 11) is -2.67. The maximum atomic E-state index is 2.46. The fourth-order valence-corrected chi connectivity index (χ4v) is 16.6.